The summed E-state index contributed by atoms with van der Waals surface area (Å²) in [7, 11) is 1.46. The fourth-order valence-corrected chi connectivity index (χ4v) is 2.49. The predicted molar refractivity (Wildman–Crippen MR) is 79.3 cm³/mol. The first-order chi connectivity index (χ1) is 11.4. The van der Waals surface area contributed by atoms with Crippen molar-refractivity contribution < 1.29 is 27.5 Å². The molecule has 1 amide bonds. The van der Waals surface area contributed by atoms with Gasteiger partial charge >= 0.3 is 12.3 Å². The quantitative estimate of drug-likeness (QED) is 0.923. The van der Waals surface area contributed by atoms with Gasteiger partial charge in [-0.1, -0.05) is 24.3 Å². The highest BCUT2D eigenvalue weighted by molar-refractivity contribution is 5.90. The summed E-state index contributed by atoms with van der Waals surface area (Å²) in [5, 5.41) is 0. The van der Waals surface area contributed by atoms with Crippen LogP contribution in [0.2, 0.25) is 0 Å². The number of para-hydroxylation sites is 1. The van der Waals surface area contributed by atoms with Gasteiger partial charge in [-0.15, -0.1) is 5.48 Å². The van der Waals surface area contributed by atoms with Gasteiger partial charge in [0.1, 0.15) is 5.75 Å². The van der Waals surface area contributed by atoms with Crippen molar-refractivity contribution >= 4 is 11.8 Å². The van der Waals surface area contributed by atoms with Gasteiger partial charge in [0.15, 0.2) is 6.17 Å². The van der Waals surface area contributed by atoms with Gasteiger partial charge in [0.25, 0.3) is 0 Å². The number of hydroxylamine groups is 1. The zero-order valence-corrected chi connectivity index (χ0v) is 12.5. The van der Waals surface area contributed by atoms with Crippen LogP contribution < -0.4 is 15.1 Å². The molecule has 3 rings (SSSR count). The van der Waals surface area contributed by atoms with Crippen LogP contribution >= 0.6 is 0 Å². The third-order valence-electron chi connectivity index (χ3n) is 3.60. The molecule has 0 spiro atoms. The van der Waals surface area contributed by atoms with E-state index in [1.807, 2.05) is 0 Å². The summed E-state index contributed by atoms with van der Waals surface area (Å²) >= 11 is 0. The fourth-order valence-electron chi connectivity index (χ4n) is 2.49. The molecule has 1 aliphatic rings. The number of hydrogen-bond donors (Lipinski definition) is 1. The Balaban J connectivity index is 2.03. The van der Waals surface area contributed by atoms with E-state index in [1.54, 1.807) is 24.3 Å². The monoisotopic (exact) mass is 338 g/mol. The van der Waals surface area contributed by atoms with Gasteiger partial charge in [0.2, 0.25) is 0 Å². The van der Waals surface area contributed by atoms with Crippen molar-refractivity contribution in [3.8, 4) is 5.75 Å². The van der Waals surface area contributed by atoms with E-state index in [2.05, 4.69) is 5.48 Å². The Morgan fingerprint density at radius 3 is 2.62 bits per heavy atom. The number of benzene rings is 2. The molecule has 1 N–H and O–H groups in total. The number of halogens is 3. The lowest BCUT2D eigenvalue weighted by molar-refractivity contribution is -0.137. The topological polar surface area (TPSA) is 50.8 Å². The number of rotatable bonds is 3. The highest BCUT2D eigenvalue weighted by Crippen LogP contribution is 2.37. The zero-order chi connectivity index (χ0) is 17.3. The first kappa shape index (κ1) is 16.1. The highest BCUT2D eigenvalue weighted by Gasteiger charge is 2.38. The molecule has 2 aromatic rings. The average molecular weight is 338 g/mol. The maximum absolute atomic E-state index is 12.9. The molecule has 0 saturated carbocycles. The lowest BCUT2D eigenvalue weighted by Gasteiger charge is -2.23. The zero-order valence-electron chi connectivity index (χ0n) is 12.5. The summed E-state index contributed by atoms with van der Waals surface area (Å²) in [6.07, 6.45) is -6.12. The molecule has 1 heterocycles. The van der Waals surface area contributed by atoms with Gasteiger partial charge in [0.05, 0.1) is 12.7 Å². The third kappa shape index (κ3) is 2.88. The molecule has 24 heavy (non-hydrogen) atoms. The van der Waals surface area contributed by atoms with E-state index in [0.29, 0.717) is 11.3 Å². The lowest BCUT2D eigenvalue weighted by Crippen LogP contribution is -2.30. The summed E-state index contributed by atoms with van der Waals surface area (Å²) in [4.78, 5) is 18.0. The minimum atomic E-state index is -4.51. The van der Waals surface area contributed by atoms with E-state index < -0.39 is 24.0 Å². The van der Waals surface area contributed by atoms with Crippen LogP contribution in [-0.2, 0) is 11.0 Å². The van der Waals surface area contributed by atoms with E-state index >= 15 is 0 Å². The summed E-state index contributed by atoms with van der Waals surface area (Å²) in [6, 6.07) is 11.3. The first-order valence-corrected chi connectivity index (χ1v) is 6.97. The van der Waals surface area contributed by atoms with Crippen molar-refractivity contribution in [2.75, 3.05) is 12.0 Å². The van der Waals surface area contributed by atoms with Crippen LogP contribution in [0.1, 0.15) is 17.3 Å². The molecule has 0 aliphatic carbocycles. The van der Waals surface area contributed by atoms with Crippen LogP contribution in [0.25, 0.3) is 0 Å². The number of carbonyl (C=O) groups is 1. The predicted octanol–water partition coefficient (Wildman–Crippen LogP) is 3.87. The van der Waals surface area contributed by atoms with Crippen molar-refractivity contribution in [1.82, 2.24) is 5.48 Å². The SMILES string of the molecule is COc1ccccc1C1NOC(=O)N1c1cccc(C(F)(F)F)c1. The molecule has 2 aromatic carbocycles. The van der Waals surface area contributed by atoms with Gasteiger partial charge in [-0.2, -0.15) is 13.2 Å². The molecular weight excluding hydrogens is 325 g/mol. The second kappa shape index (κ2) is 6.04. The van der Waals surface area contributed by atoms with E-state index in [4.69, 9.17) is 9.57 Å². The summed E-state index contributed by atoms with van der Waals surface area (Å²) in [6.45, 7) is 0. The minimum absolute atomic E-state index is 0.0655. The Morgan fingerprint density at radius 2 is 1.92 bits per heavy atom. The molecule has 1 aliphatic heterocycles. The summed E-state index contributed by atoms with van der Waals surface area (Å²) in [5.41, 5.74) is 2.29. The number of methoxy groups -OCH3 is 1. The van der Waals surface area contributed by atoms with Crippen LogP contribution in [-0.4, -0.2) is 13.2 Å². The molecule has 5 nitrogen and oxygen atoms in total. The van der Waals surface area contributed by atoms with E-state index in [-0.39, 0.29) is 5.69 Å². The van der Waals surface area contributed by atoms with Crippen molar-refractivity contribution in [1.29, 1.82) is 0 Å². The maximum atomic E-state index is 12.9. The molecule has 0 bridgehead atoms. The second-order valence-corrected chi connectivity index (χ2v) is 5.05. The Labute approximate surface area is 135 Å². The number of alkyl halides is 3. The van der Waals surface area contributed by atoms with E-state index in [9.17, 15) is 18.0 Å². The fraction of sp³-hybridized carbons (Fsp3) is 0.188. The number of amides is 1. The normalized spacial score (nSPS) is 17.8. The smallest absolute Gasteiger partial charge is 0.435 e. The number of ether oxygens (including phenoxy) is 1. The molecule has 1 atom stereocenters. The Morgan fingerprint density at radius 1 is 1.17 bits per heavy atom. The molecule has 0 radical (unpaired) electrons. The third-order valence-corrected chi connectivity index (χ3v) is 3.60. The average Bonchev–Trinajstić information content (AvgIpc) is 2.95. The molecule has 0 aromatic heterocycles. The molecule has 126 valence electrons. The summed E-state index contributed by atoms with van der Waals surface area (Å²) in [5.74, 6) is 0.477. The van der Waals surface area contributed by atoms with Crippen molar-refractivity contribution in [2.45, 2.75) is 12.3 Å². The number of hydrogen-bond acceptors (Lipinski definition) is 4. The molecular formula is C16H13F3N2O3. The largest absolute Gasteiger partial charge is 0.496 e. The second-order valence-electron chi connectivity index (χ2n) is 5.05. The highest BCUT2D eigenvalue weighted by atomic mass is 19.4. The number of nitrogens with one attached hydrogen (secondary N) is 1. The lowest BCUT2D eigenvalue weighted by atomic mass is 10.1. The van der Waals surface area contributed by atoms with Crippen LogP contribution in [0.5, 0.6) is 5.75 Å². The van der Waals surface area contributed by atoms with Gasteiger partial charge in [-0.3, -0.25) is 4.90 Å². The van der Waals surface area contributed by atoms with Crippen LogP contribution in [0.3, 0.4) is 0 Å². The van der Waals surface area contributed by atoms with Gasteiger partial charge in [0, 0.05) is 11.3 Å². The van der Waals surface area contributed by atoms with Gasteiger partial charge in [-0.05, 0) is 24.3 Å². The standard InChI is InChI=1S/C16H13F3N2O3/c1-23-13-8-3-2-7-12(13)14-20-24-15(22)21(14)11-6-4-5-10(9-11)16(17,18)19/h2-9,14,20H,1H3. The molecule has 1 saturated heterocycles. The van der Waals surface area contributed by atoms with Gasteiger partial charge < -0.3 is 9.57 Å². The minimum Gasteiger partial charge on any atom is -0.496 e. The van der Waals surface area contributed by atoms with Crippen LogP contribution in [0.4, 0.5) is 23.7 Å². The molecule has 1 fully saturated rings. The number of carbonyl (C=O) groups excluding carboxylic acids is 1. The number of anilines is 1. The maximum Gasteiger partial charge on any atom is 0.435 e. The van der Waals surface area contributed by atoms with E-state index in [1.165, 1.54) is 19.2 Å². The van der Waals surface area contributed by atoms with Crippen molar-refractivity contribution in [3.63, 3.8) is 0 Å². The van der Waals surface area contributed by atoms with E-state index in [0.717, 1.165) is 17.0 Å². The van der Waals surface area contributed by atoms with Crippen molar-refractivity contribution in [2.24, 2.45) is 0 Å². The molecule has 1 unspecified atom stereocenters. The Kier molecular flexibility index (Phi) is 4.06. The van der Waals surface area contributed by atoms with Crippen molar-refractivity contribution in [3.05, 3.63) is 59.7 Å². The van der Waals surface area contributed by atoms with Crippen LogP contribution in [0.15, 0.2) is 48.5 Å². The number of nitrogens with zero attached hydrogens (tertiary/aromatic N) is 1. The Hall–Kier alpha value is -2.74. The van der Waals surface area contributed by atoms with Gasteiger partial charge in [-0.25, -0.2) is 4.79 Å². The first-order valence-electron chi connectivity index (χ1n) is 6.97. The Bertz CT molecular complexity index is 764. The summed E-state index contributed by atoms with van der Waals surface area (Å²) < 4.78 is 44.0. The molecule has 8 heteroatoms. The van der Waals surface area contributed by atoms with Crippen LogP contribution in [0, 0.1) is 0 Å².